The molecule has 0 aliphatic heterocycles. The third-order valence-electron chi connectivity index (χ3n) is 3.67. The van der Waals surface area contributed by atoms with Gasteiger partial charge in [-0.1, -0.05) is 26.0 Å². The van der Waals surface area contributed by atoms with Crippen LogP contribution >= 0.6 is 79.4 Å². The van der Waals surface area contributed by atoms with Crippen LogP contribution < -0.4 is 0 Å². The summed E-state index contributed by atoms with van der Waals surface area (Å²) in [5.41, 5.74) is 1.69. The molecule has 0 amide bonds. The zero-order valence-corrected chi connectivity index (χ0v) is 23.3. The van der Waals surface area contributed by atoms with E-state index in [1.54, 1.807) is 12.1 Å². The van der Waals surface area contributed by atoms with Gasteiger partial charge in [-0.15, -0.1) is 0 Å². The topological polar surface area (TPSA) is 165 Å². The average molecular weight is 722 g/mol. The van der Waals surface area contributed by atoms with Crippen LogP contribution in [0, 0.1) is 0 Å². The Morgan fingerprint density at radius 3 is 1.43 bits per heavy atom. The summed E-state index contributed by atoms with van der Waals surface area (Å²) in [6, 6.07) is 7.12. The predicted octanol–water partition coefficient (Wildman–Crippen LogP) is 5.66. The van der Waals surface area contributed by atoms with Crippen molar-refractivity contribution in [2.75, 3.05) is 0 Å². The van der Waals surface area contributed by atoms with E-state index in [4.69, 9.17) is 19.6 Å². The predicted molar refractivity (Wildman–Crippen MR) is 124 cm³/mol. The first-order valence-corrected chi connectivity index (χ1v) is 13.8. The monoisotopic (exact) mass is 718 g/mol. The number of hydrogen-bond acceptors (Lipinski definition) is 5. The second-order valence-corrected chi connectivity index (χ2v) is 12.0. The lowest BCUT2D eigenvalue weighted by atomic mass is 9.78. The quantitative estimate of drug-likeness (QED) is 0.173. The molecule has 0 aromatic heterocycles. The van der Waals surface area contributed by atoms with Gasteiger partial charge in [0, 0.05) is 14.4 Å². The minimum Gasteiger partial charge on any atom is -0.508 e. The van der Waals surface area contributed by atoms with Crippen molar-refractivity contribution in [2.24, 2.45) is 0 Å². The Kier molecular flexibility index (Phi) is 9.83. The van der Waals surface area contributed by atoms with Gasteiger partial charge in [0.15, 0.2) is 0 Å². The first-order valence-electron chi connectivity index (χ1n) is 7.55. The van der Waals surface area contributed by atoms with E-state index in [1.807, 2.05) is 12.1 Å². The van der Waals surface area contributed by atoms with Crippen LogP contribution in [-0.2, 0) is 18.9 Å². The van der Waals surface area contributed by atoms with E-state index in [-0.39, 0.29) is 16.9 Å². The van der Waals surface area contributed by atoms with Crippen LogP contribution in [0.25, 0.3) is 0 Å². The van der Waals surface area contributed by atoms with Crippen molar-refractivity contribution < 1.29 is 43.2 Å². The highest BCUT2D eigenvalue weighted by molar-refractivity contribution is 9.14. The standard InChI is InChI=1S/C15H12Br4O2.H4O7P2/c1-15(2,7-3-5-8(20)6-4-7)9-10(16)12(18)14(21)13(19)11(9)17;1-8(2,3)7-9(4,5)6/h3-6,20-21H,1-2H3;(H2,1,2,3)(H2,4,5,6). The molecular weight excluding hydrogens is 706 g/mol. The molecule has 0 saturated carbocycles. The van der Waals surface area contributed by atoms with Gasteiger partial charge in [0.25, 0.3) is 0 Å². The maximum atomic E-state index is 10.1. The zero-order valence-electron chi connectivity index (χ0n) is 15.1. The number of aromatic hydroxyl groups is 2. The van der Waals surface area contributed by atoms with Crippen molar-refractivity contribution >= 4 is 79.4 Å². The summed E-state index contributed by atoms with van der Waals surface area (Å²) < 4.78 is 25.0. The molecular formula is C15H16Br4O9P2. The van der Waals surface area contributed by atoms with Crippen molar-refractivity contribution in [3.8, 4) is 11.5 Å². The highest BCUT2D eigenvalue weighted by Gasteiger charge is 2.32. The SMILES string of the molecule is CC(C)(c1ccc(O)cc1)c1c(Br)c(Br)c(O)c(Br)c1Br.O=P(O)(O)OP(=O)(O)O. The Balaban J connectivity index is 0.000000424. The van der Waals surface area contributed by atoms with Crippen molar-refractivity contribution in [1.82, 2.24) is 0 Å². The Labute approximate surface area is 205 Å². The normalized spacial score (nSPS) is 12.3. The molecule has 0 heterocycles. The lowest BCUT2D eigenvalue weighted by molar-refractivity contribution is 0.225. The van der Waals surface area contributed by atoms with Crippen LogP contribution in [0.15, 0.2) is 42.2 Å². The molecule has 2 aromatic rings. The molecule has 15 heteroatoms. The second-order valence-electron chi connectivity index (χ2n) is 6.21. The number of hydrogen-bond donors (Lipinski definition) is 6. The highest BCUT2D eigenvalue weighted by atomic mass is 79.9. The molecule has 0 atom stereocenters. The van der Waals surface area contributed by atoms with Gasteiger partial charge in [-0.2, -0.15) is 4.31 Å². The summed E-state index contributed by atoms with van der Waals surface area (Å²) in [5, 5.41) is 19.5. The van der Waals surface area contributed by atoms with E-state index < -0.39 is 15.6 Å². The largest absolute Gasteiger partial charge is 0.508 e. The van der Waals surface area contributed by atoms with Gasteiger partial charge in [-0.3, -0.25) is 0 Å². The third kappa shape index (κ3) is 7.67. The molecule has 0 aliphatic carbocycles. The summed E-state index contributed by atoms with van der Waals surface area (Å²) in [5.74, 6) is 0.375. The summed E-state index contributed by atoms with van der Waals surface area (Å²) >= 11 is 13.9. The fourth-order valence-corrected chi connectivity index (χ4v) is 6.53. The number of phenolic OH excluding ortho intramolecular Hbond substituents is 2. The van der Waals surface area contributed by atoms with Gasteiger partial charge >= 0.3 is 15.6 Å². The van der Waals surface area contributed by atoms with Gasteiger partial charge in [-0.25, -0.2) is 9.13 Å². The Morgan fingerprint density at radius 2 is 1.13 bits per heavy atom. The van der Waals surface area contributed by atoms with E-state index >= 15 is 0 Å². The number of benzene rings is 2. The second kappa shape index (κ2) is 10.4. The van der Waals surface area contributed by atoms with Crippen molar-refractivity contribution in [2.45, 2.75) is 19.3 Å². The molecule has 0 unspecified atom stereocenters. The lowest BCUT2D eigenvalue weighted by Gasteiger charge is -2.30. The van der Waals surface area contributed by atoms with Gasteiger partial charge in [0.1, 0.15) is 11.5 Å². The average Bonchev–Trinajstić information content (AvgIpc) is 2.56. The van der Waals surface area contributed by atoms with E-state index in [0.717, 1.165) is 20.1 Å². The molecule has 2 rings (SSSR count). The van der Waals surface area contributed by atoms with E-state index in [0.29, 0.717) is 8.95 Å². The van der Waals surface area contributed by atoms with Gasteiger partial charge in [-0.05, 0) is 87.0 Å². The summed E-state index contributed by atoms with van der Waals surface area (Å²) in [6.07, 6.45) is 0. The van der Waals surface area contributed by atoms with Crippen molar-refractivity contribution in [3.63, 3.8) is 0 Å². The van der Waals surface area contributed by atoms with Crippen LogP contribution in [0.5, 0.6) is 11.5 Å². The summed E-state index contributed by atoms with van der Waals surface area (Å²) in [7, 11) is -10.1. The van der Waals surface area contributed by atoms with Gasteiger partial charge < -0.3 is 29.8 Å². The third-order valence-corrected chi connectivity index (χ3v) is 9.56. The minimum absolute atomic E-state index is 0.138. The Bertz CT molecular complexity index is 967. The van der Waals surface area contributed by atoms with Gasteiger partial charge in [0.2, 0.25) is 0 Å². The molecule has 30 heavy (non-hydrogen) atoms. The molecule has 168 valence electrons. The molecule has 0 radical (unpaired) electrons. The highest BCUT2D eigenvalue weighted by Crippen LogP contribution is 2.54. The first-order chi connectivity index (χ1) is 13.4. The molecule has 9 nitrogen and oxygen atoms in total. The first kappa shape index (κ1) is 28.3. The van der Waals surface area contributed by atoms with Crippen LogP contribution in [-0.4, -0.2) is 29.8 Å². The lowest BCUT2D eigenvalue weighted by Crippen LogP contribution is -2.20. The molecule has 0 saturated heterocycles. The number of rotatable bonds is 4. The van der Waals surface area contributed by atoms with Crippen LogP contribution in [0.4, 0.5) is 0 Å². The number of phosphoric acid groups is 2. The van der Waals surface area contributed by atoms with Gasteiger partial charge in [0.05, 0.1) is 8.95 Å². The zero-order chi connectivity index (χ0) is 23.7. The Morgan fingerprint density at radius 1 is 0.767 bits per heavy atom. The van der Waals surface area contributed by atoms with Crippen LogP contribution in [0.3, 0.4) is 0 Å². The Hall–Kier alpha value is 0.220. The van der Waals surface area contributed by atoms with Crippen molar-refractivity contribution in [1.29, 1.82) is 0 Å². The maximum Gasteiger partial charge on any atom is 0.478 e. The van der Waals surface area contributed by atoms with Crippen molar-refractivity contribution in [3.05, 3.63) is 53.3 Å². The molecule has 2 aromatic carbocycles. The number of phenols is 2. The summed E-state index contributed by atoms with van der Waals surface area (Å²) in [6.45, 7) is 4.17. The molecule has 0 fully saturated rings. The van der Waals surface area contributed by atoms with Crippen LogP contribution in [0.1, 0.15) is 25.0 Å². The minimum atomic E-state index is -5.05. The molecule has 6 N–H and O–H groups in total. The molecule has 0 bridgehead atoms. The van der Waals surface area contributed by atoms with E-state index in [2.05, 4.69) is 81.9 Å². The fraction of sp³-hybridized carbons (Fsp3) is 0.200. The molecule has 0 aliphatic rings. The number of halogens is 4. The van der Waals surface area contributed by atoms with E-state index in [1.165, 1.54) is 0 Å². The molecule has 0 spiro atoms. The fourth-order valence-electron chi connectivity index (χ4n) is 2.33. The smallest absolute Gasteiger partial charge is 0.478 e. The van der Waals surface area contributed by atoms with E-state index in [9.17, 15) is 19.3 Å². The van der Waals surface area contributed by atoms with Crippen LogP contribution in [0.2, 0.25) is 0 Å². The summed E-state index contributed by atoms with van der Waals surface area (Å²) in [4.78, 5) is 31.0. The maximum absolute atomic E-state index is 10.1.